The zero-order chi connectivity index (χ0) is 39.1. The highest BCUT2D eigenvalue weighted by Gasteiger charge is 2.38. The molecule has 3 heterocycles. The van der Waals surface area contributed by atoms with Crippen LogP contribution in [0.4, 0.5) is 0 Å². The Hall–Kier alpha value is -6.95. The standard InChI is InChI=1S/C54H37N3OS/c1-54(44-30-38-17-7-8-18-40(38)50-49(44)42-20-10-12-22-47(42)59-50)31-43(48-41-19-9-11-21-45(41)58-46(48)32-54)53-56-51(36-26-23-35(24-27-36)33-13-3-2-4-14-33)55-52(57-53)39-28-25-34-15-5-6-16-37(34)29-39/h2-7,9-17,19-31H,8,18,32H2,1H3. The molecule has 2 aliphatic rings. The third kappa shape index (κ3) is 5.60. The average Bonchev–Trinajstić information content (AvgIpc) is 3.87. The monoisotopic (exact) mass is 775 g/mol. The van der Waals surface area contributed by atoms with E-state index in [1.165, 1.54) is 47.8 Å². The number of furan rings is 1. The lowest BCUT2D eigenvalue weighted by atomic mass is 9.70. The molecule has 0 fully saturated rings. The number of aryl methyl sites for hydroxylation is 1. The summed E-state index contributed by atoms with van der Waals surface area (Å²) in [5, 5.41) is 6.05. The number of hydrogen-bond donors (Lipinski definition) is 0. The van der Waals surface area contributed by atoms with Crippen molar-refractivity contribution in [2.75, 3.05) is 0 Å². The van der Waals surface area contributed by atoms with Crippen molar-refractivity contribution in [2.45, 2.75) is 31.6 Å². The summed E-state index contributed by atoms with van der Waals surface area (Å²) in [7, 11) is 0. The van der Waals surface area contributed by atoms with Gasteiger partial charge in [-0.15, -0.1) is 11.3 Å². The molecular weight excluding hydrogens is 739 g/mol. The van der Waals surface area contributed by atoms with E-state index in [-0.39, 0.29) is 0 Å². The fourth-order valence-corrected chi connectivity index (χ4v) is 10.7. The van der Waals surface area contributed by atoms with Crippen molar-refractivity contribution in [3.63, 3.8) is 0 Å². The third-order valence-corrected chi connectivity index (χ3v) is 13.6. The maximum atomic E-state index is 6.86. The van der Waals surface area contributed by atoms with Gasteiger partial charge in [-0.3, -0.25) is 0 Å². The minimum atomic E-state index is -0.453. The fourth-order valence-electron chi connectivity index (χ4n) is 9.43. The lowest BCUT2D eigenvalue weighted by Crippen LogP contribution is -2.27. The second kappa shape index (κ2) is 13.3. The molecular formula is C54H37N3OS. The van der Waals surface area contributed by atoms with Gasteiger partial charge in [-0.05, 0) is 75.7 Å². The second-order valence-electron chi connectivity index (χ2n) is 16.1. The summed E-state index contributed by atoms with van der Waals surface area (Å²) >= 11 is 1.93. The van der Waals surface area contributed by atoms with E-state index in [4.69, 9.17) is 19.4 Å². The Bertz CT molecular complexity index is 3370. The van der Waals surface area contributed by atoms with Crippen molar-refractivity contribution < 1.29 is 4.42 Å². The average molecular weight is 776 g/mol. The number of rotatable bonds is 5. The number of benzene rings is 7. The number of nitrogens with zero attached hydrogens (tertiary/aromatic N) is 3. The van der Waals surface area contributed by atoms with Crippen molar-refractivity contribution in [2.24, 2.45) is 0 Å². The van der Waals surface area contributed by atoms with Crippen LogP contribution in [-0.2, 0) is 18.3 Å². The summed E-state index contributed by atoms with van der Waals surface area (Å²) < 4.78 is 9.58. The smallest absolute Gasteiger partial charge is 0.164 e. The summed E-state index contributed by atoms with van der Waals surface area (Å²) in [5.41, 5.74) is 10.7. The van der Waals surface area contributed by atoms with Gasteiger partial charge in [0.05, 0.1) is 0 Å². The number of para-hydroxylation sites is 1. The summed E-state index contributed by atoms with van der Waals surface area (Å²) in [6.45, 7) is 2.37. The van der Waals surface area contributed by atoms with Crippen molar-refractivity contribution in [1.29, 1.82) is 0 Å². The van der Waals surface area contributed by atoms with Crippen molar-refractivity contribution in [1.82, 2.24) is 15.0 Å². The van der Waals surface area contributed by atoms with E-state index in [1.807, 2.05) is 17.4 Å². The Labute approximate surface area is 345 Å². The first kappa shape index (κ1) is 34.1. The molecule has 280 valence electrons. The van der Waals surface area contributed by atoms with Crippen LogP contribution in [0.5, 0.6) is 0 Å². The first-order valence-corrected chi connectivity index (χ1v) is 21.2. The molecule has 0 saturated heterocycles. The Morgan fingerprint density at radius 1 is 0.610 bits per heavy atom. The highest BCUT2D eigenvalue weighted by molar-refractivity contribution is 7.26. The van der Waals surface area contributed by atoms with Crippen LogP contribution in [0, 0.1) is 0 Å². The van der Waals surface area contributed by atoms with E-state index in [0.29, 0.717) is 23.9 Å². The van der Waals surface area contributed by atoms with E-state index < -0.39 is 5.41 Å². The lowest BCUT2D eigenvalue weighted by molar-refractivity contribution is 0.475. The summed E-state index contributed by atoms with van der Waals surface area (Å²) in [6, 6.07) is 53.7. The molecule has 12 rings (SSSR count). The number of aromatic nitrogens is 3. The van der Waals surface area contributed by atoms with Gasteiger partial charge in [0.15, 0.2) is 17.5 Å². The van der Waals surface area contributed by atoms with Gasteiger partial charge in [0.1, 0.15) is 11.3 Å². The number of allylic oxidation sites excluding steroid dienone is 2. The zero-order valence-corrected chi connectivity index (χ0v) is 33.3. The van der Waals surface area contributed by atoms with Crippen LogP contribution in [-0.4, -0.2) is 15.0 Å². The second-order valence-corrected chi connectivity index (χ2v) is 17.1. The quantitative estimate of drug-likeness (QED) is 0.175. The fraction of sp³-hybridized carbons (Fsp3) is 0.0926. The Kier molecular flexibility index (Phi) is 7.69. The minimum absolute atomic E-state index is 0.453. The van der Waals surface area contributed by atoms with Crippen molar-refractivity contribution in [3.8, 4) is 33.9 Å². The number of hydrogen-bond acceptors (Lipinski definition) is 5. The molecule has 4 nitrogen and oxygen atoms in total. The Morgan fingerprint density at radius 2 is 1.29 bits per heavy atom. The van der Waals surface area contributed by atoms with Crippen molar-refractivity contribution >= 4 is 64.9 Å². The highest BCUT2D eigenvalue weighted by atomic mass is 32.1. The minimum Gasteiger partial charge on any atom is -0.460 e. The molecule has 0 spiro atoms. The third-order valence-electron chi connectivity index (χ3n) is 12.3. The highest BCUT2D eigenvalue weighted by Crippen LogP contribution is 2.51. The van der Waals surface area contributed by atoms with Crippen LogP contribution >= 0.6 is 11.3 Å². The van der Waals surface area contributed by atoms with Gasteiger partial charge in [-0.2, -0.15) is 0 Å². The van der Waals surface area contributed by atoms with Gasteiger partial charge in [0.2, 0.25) is 0 Å². The Morgan fingerprint density at radius 3 is 2.15 bits per heavy atom. The molecule has 0 aliphatic heterocycles. The summed E-state index contributed by atoms with van der Waals surface area (Å²) in [4.78, 5) is 16.0. The van der Waals surface area contributed by atoms with Gasteiger partial charge in [0, 0.05) is 59.7 Å². The van der Waals surface area contributed by atoms with Gasteiger partial charge >= 0.3 is 0 Å². The number of fused-ring (bicyclic) bond motifs is 9. The molecule has 0 radical (unpaired) electrons. The maximum absolute atomic E-state index is 6.86. The van der Waals surface area contributed by atoms with E-state index in [1.54, 1.807) is 0 Å². The SMILES string of the molecule is CC1(c2cc3c(c4sc5ccccc5c24)CCC=C3)C=C(c2nc(-c3ccc(-c4ccccc4)cc3)nc(-c3ccc4ccccc4c3)n2)c2c(oc3ccccc23)C1. The van der Waals surface area contributed by atoms with E-state index >= 15 is 0 Å². The van der Waals surface area contributed by atoms with Gasteiger partial charge < -0.3 is 4.42 Å². The summed E-state index contributed by atoms with van der Waals surface area (Å²) in [6.07, 6.45) is 9.92. The van der Waals surface area contributed by atoms with Crippen LogP contribution < -0.4 is 0 Å². The van der Waals surface area contributed by atoms with Gasteiger partial charge in [-0.1, -0.05) is 153 Å². The molecule has 59 heavy (non-hydrogen) atoms. The molecule has 1 atom stereocenters. The molecule has 0 N–H and O–H groups in total. The van der Waals surface area contributed by atoms with E-state index in [0.717, 1.165) is 62.8 Å². The molecule has 0 saturated carbocycles. The normalized spacial score (nSPS) is 16.1. The van der Waals surface area contributed by atoms with Crippen molar-refractivity contribution in [3.05, 3.63) is 198 Å². The maximum Gasteiger partial charge on any atom is 0.164 e. The molecule has 10 aromatic rings. The predicted octanol–water partition coefficient (Wildman–Crippen LogP) is 14.0. The summed E-state index contributed by atoms with van der Waals surface area (Å²) in [5.74, 6) is 2.85. The van der Waals surface area contributed by atoms with E-state index in [9.17, 15) is 0 Å². The number of thiophene rings is 1. The molecule has 1 unspecified atom stereocenters. The topological polar surface area (TPSA) is 51.8 Å². The Balaban J connectivity index is 1.12. The zero-order valence-electron chi connectivity index (χ0n) is 32.4. The largest absolute Gasteiger partial charge is 0.460 e. The predicted molar refractivity (Wildman–Crippen MR) is 245 cm³/mol. The van der Waals surface area contributed by atoms with Crippen LogP contribution in [0.15, 0.2) is 168 Å². The van der Waals surface area contributed by atoms with Gasteiger partial charge in [-0.25, -0.2) is 15.0 Å². The van der Waals surface area contributed by atoms with Gasteiger partial charge in [0.25, 0.3) is 0 Å². The molecule has 0 bridgehead atoms. The van der Waals surface area contributed by atoms with Crippen LogP contribution in [0.2, 0.25) is 0 Å². The molecule has 2 aliphatic carbocycles. The molecule has 5 heteroatoms. The molecule has 0 amide bonds. The van der Waals surface area contributed by atoms with Crippen LogP contribution in [0.3, 0.4) is 0 Å². The lowest BCUT2D eigenvalue weighted by Gasteiger charge is -2.33. The molecule has 3 aromatic heterocycles. The van der Waals surface area contributed by atoms with Crippen LogP contribution in [0.1, 0.15) is 47.2 Å². The van der Waals surface area contributed by atoms with E-state index in [2.05, 4.69) is 171 Å². The first-order chi connectivity index (χ1) is 29.1. The first-order valence-electron chi connectivity index (χ1n) is 20.4. The molecule has 7 aromatic carbocycles. The van der Waals surface area contributed by atoms with Crippen LogP contribution in [0.25, 0.3) is 87.5 Å².